The van der Waals surface area contributed by atoms with Gasteiger partial charge in [0.15, 0.2) is 17.5 Å². The van der Waals surface area contributed by atoms with Gasteiger partial charge in [0.05, 0.1) is 12.1 Å². The summed E-state index contributed by atoms with van der Waals surface area (Å²) in [4.78, 5) is 23.0. The molecule has 0 saturated carbocycles. The smallest absolute Gasteiger partial charge is 0.254 e. The van der Waals surface area contributed by atoms with E-state index in [1.165, 1.54) is 0 Å². The van der Waals surface area contributed by atoms with Gasteiger partial charge in [-0.1, -0.05) is 0 Å². The van der Waals surface area contributed by atoms with Crippen LogP contribution in [0.3, 0.4) is 0 Å². The molecule has 1 rings (SSSR count). The predicted molar refractivity (Wildman–Crippen MR) is 66.5 cm³/mol. The third-order valence-electron chi connectivity index (χ3n) is 2.20. The molecule has 0 heterocycles. The first-order valence-electron chi connectivity index (χ1n) is 5.84. The molecule has 0 aliphatic carbocycles. The van der Waals surface area contributed by atoms with E-state index in [1.54, 1.807) is 20.8 Å². The van der Waals surface area contributed by atoms with E-state index >= 15 is 0 Å². The number of hydrogen-bond donors (Lipinski definition) is 2. The standard InChI is InChI=1S/C13H15F3N2O2/c1-13(2,3)18-9(19)6-17-12(20)7-4-5-8(14)11(16)10(7)15/h4-5H,6H2,1-3H3,(H,17,20)(H,18,19). The lowest BCUT2D eigenvalue weighted by atomic mass is 10.1. The lowest BCUT2D eigenvalue weighted by molar-refractivity contribution is -0.121. The molecule has 1 aromatic rings. The number of carbonyl (C=O) groups excluding carboxylic acids is 2. The predicted octanol–water partition coefficient (Wildman–Crippen LogP) is 1.75. The van der Waals surface area contributed by atoms with Gasteiger partial charge < -0.3 is 10.6 Å². The Bertz CT molecular complexity index is 539. The topological polar surface area (TPSA) is 58.2 Å². The maximum atomic E-state index is 13.3. The zero-order chi connectivity index (χ0) is 15.5. The lowest BCUT2D eigenvalue weighted by Gasteiger charge is -2.20. The molecule has 0 bridgehead atoms. The van der Waals surface area contributed by atoms with Crippen LogP contribution in [-0.2, 0) is 4.79 Å². The Kier molecular flexibility index (Phi) is 4.75. The van der Waals surface area contributed by atoms with Crippen LogP contribution in [0, 0.1) is 17.5 Å². The van der Waals surface area contributed by atoms with Crippen molar-refractivity contribution in [2.75, 3.05) is 6.54 Å². The minimum Gasteiger partial charge on any atom is -0.350 e. The van der Waals surface area contributed by atoms with Gasteiger partial charge in [-0.2, -0.15) is 0 Å². The van der Waals surface area contributed by atoms with E-state index in [-0.39, 0.29) is 0 Å². The quantitative estimate of drug-likeness (QED) is 0.833. The molecular weight excluding hydrogens is 273 g/mol. The Morgan fingerprint density at radius 1 is 1.10 bits per heavy atom. The van der Waals surface area contributed by atoms with Gasteiger partial charge in [-0.05, 0) is 32.9 Å². The van der Waals surface area contributed by atoms with E-state index < -0.39 is 46.9 Å². The molecule has 110 valence electrons. The fourth-order valence-corrected chi connectivity index (χ4v) is 1.42. The summed E-state index contributed by atoms with van der Waals surface area (Å²) in [6, 6.07) is 1.45. The highest BCUT2D eigenvalue weighted by atomic mass is 19.2. The minimum atomic E-state index is -1.73. The van der Waals surface area contributed by atoms with Crippen LogP contribution in [0.2, 0.25) is 0 Å². The van der Waals surface area contributed by atoms with Crippen LogP contribution in [0.25, 0.3) is 0 Å². The molecule has 0 radical (unpaired) electrons. The molecule has 4 nitrogen and oxygen atoms in total. The first kappa shape index (κ1) is 16.0. The summed E-state index contributed by atoms with van der Waals surface area (Å²) < 4.78 is 39.0. The van der Waals surface area contributed by atoms with Gasteiger partial charge in [0, 0.05) is 5.54 Å². The Morgan fingerprint density at radius 3 is 2.25 bits per heavy atom. The van der Waals surface area contributed by atoms with Gasteiger partial charge in [-0.3, -0.25) is 9.59 Å². The van der Waals surface area contributed by atoms with Crippen LogP contribution in [0.5, 0.6) is 0 Å². The maximum absolute atomic E-state index is 13.3. The zero-order valence-electron chi connectivity index (χ0n) is 11.3. The first-order valence-corrected chi connectivity index (χ1v) is 5.84. The summed E-state index contributed by atoms with van der Waals surface area (Å²) in [5, 5.41) is 4.71. The second-order valence-electron chi connectivity index (χ2n) is 5.20. The summed E-state index contributed by atoms with van der Waals surface area (Å²) >= 11 is 0. The van der Waals surface area contributed by atoms with Crippen LogP contribution < -0.4 is 10.6 Å². The molecule has 1 aromatic carbocycles. The molecule has 0 aliphatic rings. The SMILES string of the molecule is CC(C)(C)NC(=O)CNC(=O)c1ccc(F)c(F)c1F. The molecule has 2 amide bonds. The van der Waals surface area contributed by atoms with E-state index in [4.69, 9.17) is 0 Å². The summed E-state index contributed by atoms with van der Waals surface area (Å²) in [6.07, 6.45) is 0. The van der Waals surface area contributed by atoms with E-state index in [0.717, 1.165) is 6.07 Å². The molecule has 7 heteroatoms. The molecule has 0 spiro atoms. The number of halogens is 3. The Morgan fingerprint density at radius 2 is 1.70 bits per heavy atom. The maximum Gasteiger partial charge on any atom is 0.254 e. The molecule has 0 fully saturated rings. The van der Waals surface area contributed by atoms with Gasteiger partial charge in [0.1, 0.15) is 0 Å². The largest absolute Gasteiger partial charge is 0.350 e. The second kappa shape index (κ2) is 5.94. The monoisotopic (exact) mass is 288 g/mol. The van der Waals surface area contributed by atoms with Crippen LogP contribution in [0.1, 0.15) is 31.1 Å². The van der Waals surface area contributed by atoms with Crippen molar-refractivity contribution in [2.24, 2.45) is 0 Å². The number of rotatable bonds is 3. The van der Waals surface area contributed by atoms with Crippen molar-refractivity contribution in [1.82, 2.24) is 10.6 Å². The van der Waals surface area contributed by atoms with Crippen molar-refractivity contribution in [3.8, 4) is 0 Å². The summed E-state index contributed by atoms with van der Waals surface area (Å²) in [6.45, 7) is 4.86. The lowest BCUT2D eigenvalue weighted by Crippen LogP contribution is -2.45. The van der Waals surface area contributed by atoms with Crippen LogP contribution >= 0.6 is 0 Å². The van der Waals surface area contributed by atoms with Crippen molar-refractivity contribution >= 4 is 11.8 Å². The highest BCUT2D eigenvalue weighted by Gasteiger charge is 2.20. The van der Waals surface area contributed by atoms with E-state index in [1.807, 2.05) is 0 Å². The first-order chi connectivity index (χ1) is 9.11. The highest BCUT2D eigenvalue weighted by Crippen LogP contribution is 2.14. The van der Waals surface area contributed by atoms with Gasteiger partial charge in [0.25, 0.3) is 5.91 Å². The Labute approximate surface area is 114 Å². The van der Waals surface area contributed by atoms with Crippen molar-refractivity contribution < 1.29 is 22.8 Å². The Balaban J connectivity index is 2.69. The molecule has 0 atom stereocenters. The van der Waals surface area contributed by atoms with E-state index in [2.05, 4.69) is 10.6 Å². The number of nitrogens with one attached hydrogen (secondary N) is 2. The average Bonchev–Trinajstić information content (AvgIpc) is 2.31. The van der Waals surface area contributed by atoms with Gasteiger partial charge in [-0.25, -0.2) is 13.2 Å². The second-order valence-corrected chi connectivity index (χ2v) is 5.20. The van der Waals surface area contributed by atoms with Gasteiger partial charge >= 0.3 is 0 Å². The van der Waals surface area contributed by atoms with Crippen molar-refractivity contribution in [3.05, 3.63) is 35.1 Å². The van der Waals surface area contributed by atoms with Crippen LogP contribution in [0.4, 0.5) is 13.2 Å². The van der Waals surface area contributed by atoms with Crippen molar-refractivity contribution in [2.45, 2.75) is 26.3 Å². The average molecular weight is 288 g/mol. The fourth-order valence-electron chi connectivity index (χ4n) is 1.42. The molecule has 2 N–H and O–H groups in total. The highest BCUT2D eigenvalue weighted by molar-refractivity contribution is 5.96. The minimum absolute atomic E-state index is 0.394. The summed E-state index contributed by atoms with van der Waals surface area (Å²) in [7, 11) is 0. The van der Waals surface area contributed by atoms with Crippen LogP contribution in [0.15, 0.2) is 12.1 Å². The molecular formula is C13H15F3N2O2. The van der Waals surface area contributed by atoms with E-state index in [0.29, 0.717) is 6.07 Å². The summed E-state index contributed by atoms with van der Waals surface area (Å²) in [5.74, 6) is -6.17. The number of hydrogen-bond acceptors (Lipinski definition) is 2. The van der Waals surface area contributed by atoms with Gasteiger partial charge in [-0.15, -0.1) is 0 Å². The van der Waals surface area contributed by atoms with Crippen LogP contribution in [-0.4, -0.2) is 23.9 Å². The number of carbonyl (C=O) groups is 2. The molecule has 0 aliphatic heterocycles. The molecule has 0 unspecified atom stereocenters. The fraction of sp³-hybridized carbons (Fsp3) is 0.385. The van der Waals surface area contributed by atoms with Gasteiger partial charge in [0.2, 0.25) is 5.91 Å². The zero-order valence-corrected chi connectivity index (χ0v) is 11.3. The Hall–Kier alpha value is -2.05. The number of benzene rings is 1. The molecule has 0 saturated heterocycles. The normalized spacial score (nSPS) is 11.1. The van der Waals surface area contributed by atoms with Crippen molar-refractivity contribution in [1.29, 1.82) is 0 Å². The number of amides is 2. The third-order valence-corrected chi connectivity index (χ3v) is 2.20. The third kappa shape index (κ3) is 4.25. The van der Waals surface area contributed by atoms with E-state index in [9.17, 15) is 22.8 Å². The molecule has 20 heavy (non-hydrogen) atoms. The summed E-state index contributed by atoms with van der Waals surface area (Å²) in [5.41, 5.74) is -1.14. The molecule has 0 aromatic heterocycles. The van der Waals surface area contributed by atoms with Crippen molar-refractivity contribution in [3.63, 3.8) is 0 Å².